The number of hydrogen-bond donors (Lipinski definition) is 3. The van der Waals surface area contributed by atoms with Crippen molar-refractivity contribution in [3.63, 3.8) is 0 Å². The molecule has 12 nitrogen and oxygen atoms in total. The molecule has 51 heavy (non-hydrogen) atoms. The Labute approximate surface area is 300 Å². The van der Waals surface area contributed by atoms with Crippen LogP contribution >= 0.6 is 0 Å². The minimum absolute atomic E-state index is 0.0150. The number of epoxide rings is 1. The van der Waals surface area contributed by atoms with Crippen molar-refractivity contribution < 1.29 is 58.1 Å². The summed E-state index contributed by atoms with van der Waals surface area (Å²) in [6.45, 7) is 16.3. The van der Waals surface area contributed by atoms with Crippen LogP contribution in [0.4, 0.5) is 0 Å². The average Bonchev–Trinajstić information content (AvgIpc) is 3.87. The van der Waals surface area contributed by atoms with E-state index < -0.39 is 48.2 Å². The molecule has 0 radical (unpaired) electrons. The quantitative estimate of drug-likeness (QED) is 0.220. The normalized spacial score (nSPS) is 60.1. The Balaban J connectivity index is 1.02. The largest absolute Gasteiger partial charge is 0.462 e. The molecule has 4 heterocycles. The first-order valence-corrected chi connectivity index (χ1v) is 19.5. The van der Waals surface area contributed by atoms with Crippen LogP contribution in [0.15, 0.2) is 0 Å². The highest BCUT2D eigenvalue weighted by Gasteiger charge is 2.87. The summed E-state index contributed by atoms with van der Waals surface area (Å²) in [6, 6.07) is 0. The molecule has 0 aromatic heterocycles. The van der Waals surface area contributed by atoms with Crippen molar-refractivity contribution in [1.29, 1.82) is 0 Å². The van der Waals surface area contributed by atoms with Crippen molar-refractivity contribution in [3.05, 3.63) is 0 Å². The van der Waals surface area contributed by atoms with Gasteiger partial charge in [-0.15, -0.1) is 0 Å². The van der Waals surface area contributed by atoms with E-state index in [2.05, 4.69) is 34.6 Å². The van der Waals surface area contributed by atoms with Crippen LogP contribution < -0.4 is 0 Å². The number of carbonyl (C=O) groups is 2. The van der Waals surface area contributed by atoms with Gasteiger partial charge in [0, 0.05) is 25.7 Å². The summed E-state index contributed by atoms with van der Waals surface area (Å²) in [5.74, 6) is -0.646. The number of ether oxygens (including phenoxy) is 7. The third-order valence-corrected chi connectivity index (χ3v) is 17.0. The molecule has 0 bridgehead atoms. The summed E-state index contributed by atoms with van der Waals surface area (Å²) in [5.41, 5.74) is -1.38. The van der Waals surface area contributed by atoms with Crippen molar-refractivity contribution in [2.45, 2.75) is 173 Å². The molecule has 19 atom stereocenters. The zero-order chi connectivity index (χ0) is 36.5. The van der Waals surface area contributed by atoms with E-state index in [1.165, 1.54) is 13.8 Å². The fourth-order valence-electron chi connectivity index (χ4n) is 14.9. The molecule has 286 valence electrons. The second-order valence-corrected chi connectivity index (χ2v) is 19.5. The lowest BCUT2D eigenvalue weighted by atomic mass is 9.41. The molecule has 5 saturated carbocycles. The first-order valence-electron chi connectivity index (χ1n) is 19.5. The van der Waals surface area contributed by atoms with Crippen LogP contribution in [0.25, 0.3) is 0 Å². The van der Waals surface area contributed by atoms with Crippen molar-refractivity contribution >= 4 is 11.9 Å². The molecule has 9 rings (SSSR count). The van der Waals surface area contributed by atoms with Gasteiger partial charge < -0.3 is 48.5 Å². The van der Waals surface area contributed by atoms with Crippen LogP contribution in [0.2, 0.25) is 0 Å². The minimum Gasteiger partial charge on any atom is -0.462 e. The highest BCUT2D eigenvalue weighted by Crippen LogP contribution is 2.89. The van der Waals surface area contributed by atoms with Gasteiger partial charge >= 0.3 is 11.9 Å². The Bertz CT molecular complexity index is 1500. The van der Waals surface area contributed by atoms with Gasteiger partial charge in [-0.05, 0) is 97.2 Å². The van der Waals surface area contributed by atoms with Crippen LogP contribution in [0.5, 0.6) is 0 Å². The third kappa shape index (κ3) is 4.31. The second kappa shape index (κ2) is 10.7. The predicted octanol–water partition coefficient (Wildman–Crippen LogP) is 3.60. The number of hydrogen-bond acceptors (Lipinski definition) is 12. The number of esters is 2. The second-order valence-electron chi connectivity index (χ2n) is 19.5. The van der Waals surface area contributed by atoms with Crippen LogP contribution in [0, 0.1) is 50.7 Å². The molecular weight excluding hydrogens is 660 g/mol. The molecule has 4 saturated heterocycles. The number of aliphatic hydroxyl groups is 3. The molecule has 5 unspecified atom stereocenters. The molecule has 12 heteroatoms. The van der Waals surface area contributed by atoms with Gasteiger partial charge in [0.2, 0.25) is 5.79 Å². The molecular formula is C39H58O12. The van der Waals surface area contributed by atoms with E-state index in [1.54, 1.807) is 0 Å². The topological polar surface area (TPSA) is 163 Å². The van der Waals surface area contributed by atoms with E-state index in [1.807, 2.05) is 6.92 Å². The summed E-state index contributed by atoms with van der Waals surface area (Å²) in [4.78, 5) is 24.9. The van der Waals surface area contributed by atoms with Crippen LogP contribution in [0.3, 0.4) is 0 Å². The predicted molar refractivity (Wildman–Crippen MR) is 177 cm³/mol. The highest BCUT2D eigenvalue weighted by atomic mass is 16.8. The molecule has 3 N–H and O–H groups in total. The average molecular weight is 719 g/mol. The maximum Gasteiger partial charge on any atom is 0.303 e. The molecule has 4 aliphatic heterocycles. The Morgan fingerprint density at radius 2 is 1.51 bits per heavy atom. The van der Waals surface area contributed by atoms with E-state index in [0.29, 0.717) is 18.3 Å². The number of aliphatic hydroxyl groups excluding tert-OH is 3. The van der Waals surface area contributed by atoms with Crippen LogP contribution in [-0.2, 0) is 42.7 Å². The summed E-state index contributed by atoms with van der Waals surface area (Å²) in [5, 5.41) is 31.8. The van der Waals surface area contributed by atoms with Gasteiger partial charge in [0.05, 0.1) is 18.8 Å². The monoisotopic (exact) mass is 718 g/mol. The van der Waals surface area contributed by atoms with E-state index in [-0.39, 0.29) is 75.9 Å². The first-order chi connectivity index (χ1) is 23.8. The molecule has 3 spiro atoms. The van der Waals surface area contributed by atoms with Crippen molar-refractivity contribution in [3.8, 4) is 0 Å². The van der Waals surface area contributed by atoms with E-state index in [9.17, 15) is 24.9 Å². The first kappa shape index (κ1) is 35.3. The number of rotatable bonds is 4. The Morgan fingerprint density at radius 1 is 0.804 bits per heavy atom. The molecule has 0 aromatic carbocycles. The molecule has 5 aliphatic carbocycles. The summed E-state index contributed by atoms with van der Waals surface area (Å²) < 4.78 is 43.7. The van der Waals surface area contributed by atoms with Gasteiger partial charge in [-0.25, -0.2) is 0 Å². The Hall–Kier alpha value is -1.38. The lowest BCUT2D eigenvalue weighted by molar-refractivity contribution is -0.346. The summed E-state index contributed by atoms with van der Waals surface area (Å²) in [6.07, 6.45) is 0.793. The van der Waals surface area contributed by atoms with Gasteiger partial charge in [-0.1, -0.05) is 34.6 Å². The van der Waals surface area contributed by atoms with Crippen molar-refractivity contribution in [1.82, 2.24) is 0 Å². The van der Waals surface area contributed by atoms with Gasteiger partial charge in [-0.3, -0.25) is 9.59 Å². The minimum atomic E-state index is -1.30. The molecule has 0 aromatic rings. The third-order valence-electron chi connectivity index (χ3n) is 17.0. The SMILES string of the molecule is CC(=O)O[C@H]1[C@H](O[C@H]2CC[C@]34C[C@]35C[C@@H](OC(C)=O)[C@]3(C)[C@@H]6C(C[C@@]3(C)[C@@H]5CC[C@H]4C2(C)C)OC2(C[C@H]6C)OC(O)C3(C)OC23)OC[C@@H](O)[C@@H]1O. The zero-order valence-electron chi connectivity index (χ0n) is 31.4. The van der Waals surface area contributed by atoms with Gasteiger partial charge in [0.25, 0.3) is 0 Å². The summed E-state index contributed by atoms with van der Waals surface area (Å²) in [7, 11) is 0. The fourth-order valence-corrected chi connectivity index (χ4v) is 14.9. The van der Waals surface area contributed by atoms with Gasteiger partial charge in [0.15, 0.2) is 18.7 Å². The van der Waals surface area contributed by atoms with Gasteiger partial charge in [-0.2, -0.15) is 0 Å². The Morgan fingerprint density at radius 3 is 2.16 bits per heavy atom. The maximum atomic E-state index is 12.9. The highest BCUT2D eigenvalue weighted by molar-refractivity contribution is 5.66. The lowest BCUT2D eigenvalue weighted by Crippen LogP contribution is -2.64. The number of carbonyl (C=O) groups excluding carboxylic acids is 2. The summed E-state index contributed by atoms with van der Waals surface area (Å²) >= 11 is 0. The molecule has 9 aliphatic rings. The van der Waals surface area contributed by atoms with E-state index in [0.717, 1.165) is 44.9 Å². The van der Waals surface area contributed by atoms with E-state index in [4.69, 9.17) is 33.2 Å². The molecule has 0 amide bonds. The molecule has 9 fully saturated rings. The van der Waals surface area contributed by atoms with Crippen LogP contribution in [0.1, 0.15) is 107 Å². The van der Waals surface area contributed by atoms with Crippen LogP contribution in [-0.4, -0.2) is 101 Å². The van der Waals surface area contributed by atoms with Gasteiger partial charge in [0.1, 0.15) is 30.0 Å². The lowest BCUT2D eigenvalue weighted by Gasteiger charge is -2.65. The van der Waals surface area contributed by atoms with E-state index >= 15 is 0 Å². The zero-order valence-corrected chi connectivity index (χ0v) is 31.4. The fraction of sp³-hybridized carbons (Fsp3) is 0.949. The number of fused-ring (bicyclic) bond motifs is 6. The van der Waals surface area contributed by atoms with Crippen molar-refractivity contribution in [2.24, 2.45) is 50.7 Å². The smallest absolute Gasteiger partial charge is 0.303 e. The standard InChI is InChI=1S/C39H58O12/c1-18-13-39(31-36(8,50-31)32(44)51-39)49-22-14-34(6)24-10-9-23-33(4,5)25(48-30-29(47-20(3)41)28(43)21(42)16-45-30)11-12-37(23)17-38(24,37)15-26(46-19(2)40)35(34,7)27(18)22/h18,21-32,42-44H,9-17H2,1-8H3/t18-,21-,22?,23+,24+,25+,26-,27+,28+,29-,30+,31?,32?,34+,35-,36?,37-,38+,39?/m1/s1. The Kier molecular flexibility index (Phi) is 7.40. The van der Waals surface area contributed by atoms with Crippen molar-refractivity contribution in [2.75, 3.05) is 6.61 Å². The maximum absolute atomic E-state index is 12.9.